The Balaban J connectivity index is 1.42. The Morgan fingerprint density at radius 1 is 1.16 bits per heavy atom. The van der Waals surface area contributed by atoms with Crippen LogP contribution in [0.3, 0.4) is 0 Å². The lowest BCUT2D eigenvalue weighted by Crippen LogP contribution is -2.36. The fourth-order valence-corrected chi connectivity index (χ4v) is 5.43. The number of amides is 1. The molecule has 0 radical (unpaired) electrons. The van der Waals surface area contributed by atoms with Crippen molar-refractivity contribution in [3.8, 4) is 11.8 Å². The lowest BCUT2D eigenvalue weighted by molar-refractivity contribution is -0.144. The van der Waals surface area contributed by atoms with Gasteiger partial charge in [-0.25, -0.2) is 4.79 Å². The monoisotopic (exact) mass is 520 g/mol. The highest BCUT2D eigenvalue weighted by atomic mass is 32.1. The summed E-state index contributed by atoms with van der Waals surface area (Å²) in [5.74, 6) is 0.0216. The molecule has 1 amide bonds. The number of nitriles is 1. The molecule has 0 saturated carbocycles. The fraction of sp³-hybridized carbons (Fsp3) is 0.414. The second-order valence-corrected chi connectivity index (χ2v) is 11.2. The first-order valence-corrected chi connectivity index (χ1v) is 13.3. The number of carbonyl (C=O) groups is 2. The summed E-state index contributed by atoms with van der Waals surface area (Å²) >= 11 is 1.55. The third-order valence-electron chi connectivity index (χ3n) is 6.04. The van der Waals surface area contributed by atoms with Gasteiger partial charge in [-0.3, -0.25) is 4.79 Å². The van der Waals surface area contributed by atoms with Crippen molar-refractivity contribution < 1.29 is 23.8 Å². The number of benzene rings is 2. The van der Waals surface area contributed by atoms with E-state index in [-0.39, 0.29) is 18.2 Å². The molecule has 3 aromatic rings. The minimum atomic E-state index is -0.525. The molecular formula is C29H32N2O5S. The van der Waals surface area contributed by atoms with E-state index in [1.54, 1.807) is 29.2 Å². The van der Waals surface area contributed by atoms with Crippen molar-refractivity contribution in [2.24, 2.45) is 0 Å². The average Bonchev–Trinajstić information content (AvgIpc) is 3.49. The molecular weight excluding hydrogens is 488 g/mol. The molecule has 2 atom stereocenters. The molecule has 4 rings (SSSR count). The molecule has 1 aromatic heterocycles. The number of fused-ring (bicyclic) bond motifs is 1. The quantitative estimate of drug-likeness (QED) is 0.352. The largest absolute Gasteiger partial charge is 0.489 e. The topological polar surface area (TPSA) is 88.9 Å². The smallest absolute Gasteiger partial charge is 0.410 e. The maximum absolute atomic E-state index is 12.9. The van der Waals surface area contributed by atoms with Crippen molar-refractivity contribution in [1.82, 2.24) is 4.90 Å². The van der Waals surface area contributed by atoms with Crippen molar-refractivity contribution in [3.63, 3.8) is 0 Å². The van der Waals surface area contributed by atoms with E-state index in [9.17, 15) is 14.9 Å². The van der Waals surface area contributed by atoms with Crippen LogP contribution in [0, 0.1) is 11.3 Å². The number of ether oxygens (including phenoxy) is 3. The van der Waals surface area contributed by atoms with Gasteiger partial charge in [0.05, 0.1) is 30.7 Å². The molecule has 194 valence electrons. The summed E-state index contributed by atoms with van der Waals surface area (Å²) in [6.45, 7) is 8.77. The molecule has 0 bridgehead atoms. The Morgan fingerprint density at radius 2 is 1.92 bits per heavy atom. The first-order valence-electron chi connectivity index (χ1n) is 12.5. The zero-order valence-corrected chi connectivity index (χ0v) is 22.5. The number of esters is 1. The van der Waals surface area contributed by atoms with E-state index in [1.807, 2.05) is 63.2 Å². The molecule has 2 aromatic carbocycles. The van der Waals surface area contributed by atoms with Crippen LogP contribution in [0.15, 0.2) is 48.5 Å². The Hall–Kier alpha value is -3.57. The van der Waals surface area contributed by atoms with Crippen LogP contribution in [-0.4, -0.2) is 48.4 Å². The maximum Gasteiger partial charge on any atom is 0.410 e. The fourth-order valence-electron chi connectivity index (χ4n) is 4.30. The first-order chi connectivity index (χ1) is 17.6. The van der Waals surface area contributed by atoms with E-state index in [0.717, 1.165) is 32.7 Å². The van der Waals surface area contributed by atoms with Crippen molar-refractivity contribution in [2.45, 2.75) is 58.2 Å². The SMILES string of the molecule is CCOC(=O)C(Cc1ccc(O[C@H]2CCN(C(=O)OC(C)(C)C)C2)cc1)c1cc2cc(C#N)ccc2s1. The van der Waals surface area contributed by atoms with Crippen LogP contribution in [0.25, 0.3) is 10.1 Å². The number of carbonyl (C=O) groups excluding carboxylic acids is 2. The van der Waals surface area contributed by atoms with E-state index < -0.39 is 11.5 Å². The number of nitrogens with zero attached hydrogens (tertiary/aromatic N) is 2. The molecule has 1 saturated heterocycles. The Kier molecular flexibility index (Phi) is 8.03. The van der Waals surface area contributed by atoms with Gasteiger partial charge in [-0.15, -0.1) is 11.3 Å². The minimum Gasteiger partial charge on any atom is -0.489 e. The standard InChI is InChI=1S/C29H32N2O5S/c1-5-34-27(32)24(26-16-21-14-20(17-30)8-11-25(21)37-26)15-19-6-9-22(10-7-19)35-23-12-13-31(18-23)28(33)36-29(2,3)4/h6-11,14,16,23-24H,5,12-13,15,18H2,1-4H3/t23-,24?/m0/s1. The zero-order chi connectivity index (χ0) is 26.6. The van der Waals surface area contributed by atoms with Crippen LogP contribution < -0.4 is 4.74 Å². The number of thiophene rings is 1. The van der Waals surface area contributed by atoms with E-state index >= 15 is 0 Å². The van der Waals surface area contributed by atoms with Crippen LogP contribution >= 0.6 is 11.3 Å². The van der Waals surface area contributed by atoms with Crippen molar-refractivity contribution in [3.05, 3.63) is 64.5 Å². The number of hydrogen-bond acceptors (Lipinski definition) is 7. The third-order valence-corrected chi connectivity index (χ3v) is 7.27. The van der Waals surface area contributed by atoms with E-state index in [1.165, 1.54) is 0 Å². The van der Waals surface area contributed by atoms with Crippen molar-refractivity contribution in [1.29, 1.82) is 5.26 Å². The van der Waals surface area contributed by atoms with E-state index in [0.29, 0.717) is 31.7 Å². The van der Waals surface area contributed by atoms with Gasteiger partial charge in [0.1, 0.15) is 17.5 Å². The number of likely N-dealkylation sites (tertiary alicyclic amines) is 1. The number of rotatable bonds is 7. The molecule has 1 fully saturated rings. The molecule has 0 spiro atoms. The predicted octanol–water partition coefficient (Wildman–Crippen LogP) is 6.05. The van der Waals surface area contributed by atoms with Gasteiger partial charge >= 0.3 is 12.1 Å². The highest BCUT2D eigenvalue weighted by Crippen LogP contribution is 2.34. The molecule has 1 aliphatic heterocycles. The second-order valence-electron chi connectivity index (χ2n) is 10.1. The Bertz CT molecular complexity index is 1300. The van der Waals surface area contributed by atoms with Gasteiger partial charge in [-0.2, -0.15) is 5.26 Å². The lowest BCUT2D eigenvalue weighted by atomic mass is 9.97. The van der Waals surface area contributed by atoms with Crippen LogP contribution in [-0.2, 0) is 20.7 Å². The van der Waals surface area contributed by atoms with Crippen LogP contribution in [0.2, 0.25) is 0 Å². The van der Waals surface area contributed by atoms with Gasteiger partial charge in [-0.1, -0.05) is 12.1 Å². The maximum atomic E-state index is 12.9. The average molecular weight is 521 g/mol. The summed E-state index contributed by atoms with van der Waals surface area (Å²) in [7, 11) is 0. The molecule has 0 aliphatic carbocycles. The van der Waals surface area contributed by atoms with Crippen LogP contribution in [0.1, 0.15) is 56.0 Å². The number of hydrogen-bond donors (Lipinski definition) is 0. The molecule has 1 aliphatic rings. The van der Waals surface area contributed by atoms with Gasteiger partial charge in [0.25, 0.3) is 0 Å². The van der Waals surface area contributed by atoms with Crippen molar-refractivity contribution >= 4 is 33.5 Å². The van der Waals surface area contributed by atoms with Gasteiger partial charge in [0.15, 0.2) is 0 Å². The molecule has 1 unspecified atom stereocenters. The Morgan fingerprint density at radius 3 is 2.59 bits per heavy atom. The summed E-state index contributed by atoms with van der Waals surface area (Å²) < 4.78 is 18.0. The van der Waals surface area contributed by atoms with Gasteiger partial charge < -0.3 is 19.1 Å². The summed E-state index contributed by atoms with van der Waals surface area (Å²) in [4.78, 5) is 27.8. The molecule has 2 heterocycles. The van der Waals surface area contributed by atoms with Crippen LogP contribution in [0.5, 0.6) is 5.75 Å². The third kappa shape index (κ3) is 6.80. The zero-order valence-electron chi connectivity index (χ0n) is 21.7. The van der Waals surface area contributed by atoms with Gasteiger partial charge in [-0.05, 0) is 81.5 Å². The van der Waals surface area contributed by atoms with Gasteiger partial charge in [0.2, 0.25) is 0 Å². The molecule has 0 N–H and O–H groups in total. The predicted molar refractivity (Wildman–Crippen MR) is 143 cm³/mol. The lowest BCUT2D eigenvalue weighted by Gasteiger charge is -2.24. The highest BCUT2D eigenvalue weighted by molar-refractivity contribution is 7.19. The second kappa shape index (κ2) is 11.2. The summed E-state index contributed by atoms with van der Waals surface area (Å²) in [5.41, 5.74) is 1.06. The summed E-state index contributed by atoms with van der Waals surface area (Å²) in [5, 5.41) is 10.2. The summed E-state index contributed by atoms with van der Waals surface area (Å²) in [6.07, 6.45) is 0.824. The van der Waals surface area contributed by atoms with Crippen molar-refractivity contribution in [2.75, 3.05) is 19.7 Å². The normalized spacial score (nSPS) is 16.3. The Labute approximate surface area is 221 Å². The van der Waals surface area contributed by atoms with Gasteiger partial charge in [0, 0.05) is 22.5 Å². The minimum absolute atomic E-state index is 0.0949. The first kappa shape index (κ1) is 26.5. The van der Waals surface area contributed by atoms with E-state index in [2.05, 4.69) is 6.07 Å². The summed E-state index contributed by atoms with van der Waals surface area (Å²) in [6, 6.07) is 17.4. The van der Waals surface area contributed by atoms with Crippen LogP contribution in [0.4, 0.5) is 4.79 Å². The molecule has 7 nitrogen and oxygen atoms in total. The van der Waals surface area contributed by atoms with E-state index in [4.69, 9.17) is 14.2 Å². The molecule has 37 heavy (non-hydrogen) atoms. The molecule has 8 heteroatoms. The highest BCUT2D eigenvalue weighted by Gasteiger charge is 2.31.